The van der Waals surface area contributed by atoms with Gasteiger partial charge in [0, 0.05) is 6.07 Å². The fourth-order valence-corrected chi connectivity index (χ4v) is 2.75. The largest absolute Gasteiger partial charge is 1.00 e. The van der Waals surface area contributed by atoms with Gasteiger partial charge in [-0.25, -0.2) is 8.42 Å². The van der Waals surface area contributed by atoms with Crippen LogP contribution < -0.4 is 18.9 Å². The van der Waals surface area contributed by atoms with Gasteiger partial charge in [0.2, 0.25) is 0 Å². The number of nitrogens with zero attached hydrogens (tertiary/aromatic N) is 2. The third-order valence-corrected chi connectivity index (χ3v) is 3.97. The SMILES string of the molecule is O=[N+]([O-])c1ccccc1S(=O)(=O)[N-]Cc1ccccc1.[Li+]. The number of para-hydroxylation sites is 1. The van der Waals surface area contributed by atoms with E-state index in [4.69, 9.17) is 0 Å². The molecule has 0 atom stereocenters. The van der Waals surface area contributed by atoms with Gasteiger partial charge in [-0.3, -0.25) is 10.1 Å². The quantitative estimate of drug-likeness (QED) is 0.436. The predicted molar refractivity (Wildman–Crippen MR) is 73.8 cm³/mol. The number of nitro benzene ring substituents is 1. The van der Waals surface area contributed by atoms with Gasteiger partial charge in [-0.15, -0.1) is 6.54 Å². The van der Waals surface area contributed by atoms with E-state index in [1.54, 1.807) is 30.3 Å². The van der Waals surface area contributed by atoms with E-state index >= 15 is 0 Å². The Balaban J connectivity index is 0.00000220. The van der Waals surface area contributed by atoms with Crippen LogP contribution in [-0.2, 0) is 16.6 Å². The van der Waals surface area contributed by atoms with Gasteiger partial charge in [-0.2, -0.15) is 0 Å². The zero-order valence-corrected chi connectivity index (χ0v) is 12.2. The van der Waals surface area contributed by atoms with Gasteiger partial charge in [0.05, 0.1) is 4.92 Å². The molecule has 0 saturated heterocycles. The number of nitro groups is 1. The zero-order valence-electron chi connectivity index (χ0n) is 11.3. The van der Waals surface area contributed by atoms with E-state index in [0.29, 0.717) is 0 Å². The van der Waals surface area contributed by atoms with Gasteiger partial charge in [-0.05, 0) is 6.07 Å². The smallest absolute Gasteiger partial charge is 0.541 e. The summed E-state index contributed by atoms with van der Waals surface area (Å²) in [4.78, 5) is 9.72. The molecule has 2 aromatic rings. The Kier molecular flexibility index (Phi) is 6.12. The molecule has 0 amide bonds. The zero-order chi connectivity index (χ0) is 14.6. The minimum atomic E-state index is -4.05. The molecule has 0 heterocycles. The van der Waals surface area contributed by atoms with Crippen LogP contribution in [0.1, 0.15) is 5.56 Å². The normalized spacial score (nSPS) is 10.7. The third-order valence-electron chi connectivity index (χ3n) is 2.60. The van der Waals surface area contributed by atoms with Crippen molar-refractivity contribution >= 4 is 15.7 Å². The number of rotatable bonds is 5. The fourth-order valence-electron chi connectivity index (χ4n) is 1.64. The molecule has 0 N–H and O–H groups in total. The second-order valence-corrected chi connectivity index (χ2v) is 5.62. The van der Waals surface area contributed by atoms with Crippen molar-refractivity contribution in [2.45, 2.75) is 11.4 Å². The van der Waals surface area contributed by atoms with E-state index in [-0.39, 0.29) is 30.3 Å². The maximum absolute atomic E-state index is 12.1. The first-order valence-electron chi connectivity index (χ1n) is 5.72. The van der Waals surface area contributed by atoms with E-state index < -0.39 is 20.6 Å². The summed E-state index contributed by atoms with van der Waals surface area (Å²) >= 11 is 0. The Morgan fingerprint density at radius 3 is 2.19 bits per heavy atom. The molecule has 0 aliphatic rings. The molecule has 2 rings (SSSR count). The predicted octanol–water partition coefficient (Wildman–Crippen LogP) is -0.139. The van der Waals surface area contributed by atoms with Crippen LogP contribution in [0.15, 0.2) is 59.5 Å². The number of sulfonamides is 1. The Hall–Kier alpha value is -1.65. The molecule has 0 aliphatic carbocycles. The molecule has 0 aliphatic heterocycles. The van der Waals surface area contributed by atoms with Crippen molar-refractivity contribution in [2.24, 2.45) is 0 Å². The molecule has 104 valence electrons. The Morgan fingerprint density at radius 2 is 1.57 bits per heavy atom. The molecule has 6 nitrogen and oxygen atoms in total. The first kappa shape index (κ1) is 17.4. The Morgan fingerprint density at radius 1 is 1.00 bits per heavy atom. The van der Waals surface area contributed by atoms with Crippen LogP contribution in [0, 0.1) is 10.1 Å². The first-order chi connectivity index (χ1) is 9.50. The van der Waals surface area contributed by atoms with Crippen molar-refractivity contribution < 1.29 is 32.2 Å². The van der Waals surface area contributed by atoms with E-state index in [2.05, 4.69) is 4.72 Å². The third kappa shape index (κ3) is 4.41. The van der Waals surface area contributed by atoms with Crippen LogP contribution in [0.25, 0.3) is 4.72 Å². The summed E-state index contributed by atoms with van der Waals surface area (Å²) in [5.74, 6) is 0. The average Bonchev–Trinajstić information content (AvgIpc) is 2.46. The summed E-state index contributed by atoms with van der Waals surface area (Å²) in [6.07, 6.45) is 0. The van der Waals surface area contributed by atoms with Crippen LogP contribution in [0.4, 0.5) is 5.69 Å². The fraction of sp³-hybridized carbons (Fsp3) is 0.0769. The minimum Gasteiger partial charge on any atom is -0.541 e. The first-order valence-corrected chi connectivity index (χ1v) is 7.16. The van der Waals surface area contributed by atoms with E-state index in [9.17, 15) is 18.5 Å². The average molecular weight is 298 g/mol. The van der Waals surface area contributed by atoms with Gasteiger partial charge < -0.3 is 4.72 Å². The molecule has 2 aromatic carbocycles. The number of hydrogen-bond donors (Lipinski definition) is 0. The van der Waals surface area contributed by atoms with Crippen molar-refractivity contribution in [2.75, 3.05) is 0 Å². The maximum atomic E-state index is 12.1. The topological polar surface area (TPSA) is 91.4 Å². The molecule has 0 saturated carbocycles. The Bertz CT molecular complexity index is 720. The van der Waals surface area contributed by atoms with Crippen molar-refractivity contribution in [3.05, 3.63) is 75.0 Å². The summed E-state index contributed by atoms with van der Waals surface area (Å²) in [5.41, 5.74) is 0.249. The van der Waals surface area contributed by atoms with E-state index in [0.717, 1.165) is 11.6 Å². The molecule has 0 unspecified atom stereocenters. The summed E-state index contributed by atoms with van der Waals surface area (Å²) < 4.78 is 27.7. The summed E-state index contributed by atoms with van der Waals surface area (Å²) in [5, 5.41) is 10.8. The van der Waals surface area contributed by atoms with Crippen molar-refractivity contribution in [1.29, 1.82) is 0 Å². The van der Waals surface area contributed by atoms with Gasteiger partial charge in [-0.1, -0.05) is 48.0 Å². The molecular weight excluding hydrogens is 287 g/mol. The van der Waals surface area contributed by atoms with Gasteiger partial charge >= 0.3 is 18.9 Å². The van der Waals surface area contributed by atoms with Crippen LogP contribution >= 0.6 is 0 Å². The maximum Gasteiger partial charge on any atom is 1.00 e. The van der Waals surface area contributed by atoms with Crippen LogP contribution in [0.3, 0.4) is 0 Å². The molecule has 0 spiro atoms. The van der Waals surface area contributed by atoms with E-state index in [1.807, 2.05) is 0 Å². The minimum absolute atomic E-state index is 0. The molecular formula is C13H11LiN2O4S. The van der Waals surface area contributed by atoms with Crippen LogP contribution in [-0.4, -0.2) is 13.3 Å². The summed E-state index contributed by atoms with van der Waals surface area (Å²) in [6.45, 7) is -0.0464. The van der Waals surface area contributed by atoms with Gasteiger partial charge in [0.1, 0.15) is 14.9 Å². The molecule has 0 fully saturated rings. The molecule has 21 heavy (non-hydrogen) atoms. The Labute approximate surface area is 134 Å². The molecule has 0 bridgehead atoms. The van der Waals surface area contributed by atoms with Crippen molar-refractivity contribution in [1.82, 2.24) is 0 Å². The van der Waals surface area contributed by atoms with Crippen LogP contribution in [0.5, 0.6) is 0 Å². The molecule has 0 aromatic heterocycles. The standard InChI is InChI=1S/C13H11N2O4S.Li/c16-15(17)12-8-4-5-9-13(12)20(18,19)14-10-11-6-2-1-3-7-11;/h1-9H,10H2;/q-1;+1. The van der Waals surface area contributed by atoms with Gasteiger partial charge in [0.15, 0.2) is 0 Å². The summed E-state index contributed by atoms with van der Waals surface area (Å²) in [7, 11) is -4.05. The van der Waals surface area contributed by atoms with Gasteiger partial charge in [0.25, 0.3) is 5.69 Å². The second-order valence-electron chi connectivity index (χ2n) is 3.97. The van der Waals surface area contributed by atoms with Crippen molar-refractivity contribution in [3.8, 4) is 0 Å². The number of hydrogen-bond acceptors (Lipinski definition) is 4. The number of benzene rings is 2. The van der Waals surface area contributed by atoms with Crippen molar-refractivity contribution in [3.63, 3.8) is 0 Å². The molecule has 8 heteroatoms. The second kappa shape index (κ2) is 7.38. The van der Waals surface area contributed by atoms with E-state index in [1.165, 1.54) is 18.2 Å². The monoisotopic (exact) mass is 298 g/mol. The summed E-state index contributed by atoms with van der Waals surface area (Å²) in [6, 6.07) is 14.0. The molecule has 0 radical (unpaired) electrons. The van der Waals surface area contributed by atoms with Crippen LogP contribution in [0.2, 0.25) is 0 Å².